The number of halogens is 1. The molecule has 68 valence electrons. The number of rotatable bonds is 1. The van der Waals surface area contributed by atoms with Gasteiger partial charge in [-0.15, -0.1) is 11.3 Å². The third-order valence-corrected chi connectivity index (χ3v) is 3.47. The molecule has 0 bridgehead atoms. The Balaban J connectivity index is 2.77. The van der Waals surface area contributed by atoms with Crippen LogP contribution in [0.4, 0.5) is 0 Å². The van der Waals surface area contributed by atoms with Gasteiger partial charge in [0.2, 0.25) is 0 Å². The average Bonchev–Trinajstić information content (AvgIpc) is 2.44. The number of hydrogen-bond donors (Lipinski definition) is 1. The maximum Gasteiger partial charge on any atom is 0.129 e. The number of aliphatic hydroxyl groups is 1. The third-order valence-electron chi connectivity index (χ3n) is 2.03. The molecule has 0 saturated carbocycles. The van der Waals surface area contributed by atoms with Gasteiger partial charge in [-0.25, -0.2) is 4.98 Å². The molecule has 0 atom stereocenters. The van der Waals surface area contributed by atoms with Gasteiger partial charge in [0.15, 0.2) is 0 Å². The third kappa shape index (κ3) is 1.43. The fraction of sp³-hybridized carbons (Fsp3) is 0.222. The van der Waals surface area contributed by atoms with E-state index in [0.29, 0.717) is 5.15 Å². The Bertz CT molecular complexity index is 452. The number of aryl methyl sites for hydroxylation is 1. The fourth-order valence-electron chi connectivity index (χ4n) is 1.30. The van der Waals surface area contributed by atoms with Crippen LogP contribution >= 0.6 is 22.9 Å². The summed E-state index contributed by atoms with van der Waals surface area (Å²) in [4.78, 5) is 4.98. The lowest BCUT2D eigenvalue weighted by Gasteiger charge is -1.92. The lowest BCUT2D eigenvalue weighted by molar-refractivity contribution is 0.285. The largest absolute Gasteiger partial charge is 0.391 e. The summed E-state index contributed by atoms with van der Waals surface area (Å²) < 4.78 is 1.07. The van der Waals surface area contributed by atoms with Gasteiger partial charge in [-0.1, -0.05) is 11.6 Å². The zero-order valence-electron chi connectivity index (χ0n) is 7.04. The number of aliphatic hydroxyl groups excluding tert-OH is 1. The summed E-state index contributed by atoms with van der Waals surface area (Å²) in [7, 11) is 0. The Labute approximate surface area is 84.8 Å². The van der Waals surface area contributed by atoms with E-state index in [2.05, 4.69) is 4.98 Å². The molecule has 2 aromatic rings. The number of fused-ring (bicyclic) bond motifs is 1. The highest BCUT2D eigenvalue weighted by atomic mass is 35.5. The van der Waals surface area contributed by atoms with E-state index in [0.717, 1.165) is 20.5 Å². The van der Waals surface area contributed by atoms with Crippen molar-refractivity contribution in [1.29, 1.82) is 0 Å². The summed E-state index contributed by atoms with van der Waals surface area (Å²) in [5, 5.41) is 10.6. The molecule has 0 aliphatic carbocycles. The van der Waals surface area contributed by atoms with E-state index >= 15 is 0 Å². The Morgan fingerprint density at radius 1 is 1.62 bits per heavy atom. The van der Waals surface area contributed by atoms with Gasteiger partial charge >= 0.3 is 0 Å². The van der Waals surface area contributed by atoms with E-state index in [1.165, 1.54) is 0 Å². The summed E-state index contributed by atoms with van der Waals surface area (Å²) in [6, 6.07) is 1.84. The van der Waals surface area contributed by atoms with Gasteiger partial charge in [0.25, 0.3) is 0 Å². The SMILES string of the molecule is Cc1c(CO)sc2cnc(Cl)cc12. The summed E-state index contributed by atoms with van der Waals surface area (Å²) in [6.45, 7) is 2.07. The van der Waals surface area contributed by atoms with E-state index in [-0.39, 0.29) is 6.61 Å². The Kier molecular flexibility index (Phi) is 2.24. The van der Waals surface area contributed by atoms with Crippen molar-refractivity contribution in [3.8, 4) is 0 Å². The first-order chi connectivity index (χ1) is 6.22. The molecule has 0 fully saturated rings. The van der Waals surface area contributed by atoms with E-state index in [4.69, 9.17) is 16.7 Å². The van der Waals surface area contributed by atoms with Crippen LogP contribution in [0, 0.1) is 6.92 Å². The normalized spacial score (nSPS) is 11.0. The molecule has 2 rings (SSSR count). The molecular formula is C9H8ClNOS. The Hall–Kier alpha value is -0.640. The van der Waals surface area contributed by atoms with Crippen LogP contribution in [0.15, 0.2) is 12.3 Å². The molecule has 0 spiro atoms. The van der Waals surface area contributed by atoms with Crippen LogP contribution in [0.5, 0.6) is 0 Å². The van der Waals surface area contributed by atoms with Crippen molar-refractivity contribution < 1.29 is 5.11 Å². The first-order valence-corrected chi connectivity index (χ1v) is 5.06. The van der Waals surface area contributed by atoms with Crippen LogP contribution in [-0.4, -0.2) is 10.1 Å². The van der Waals surface area contributed by atoms with Gasteiger partial charge in [0.1, 0.15) is 5.15 Å². The van der Waals surface area contributed by atoms with Crippen LogP contribution < -0.4 is 0 Å². The van der Waals surface area contributed by atoms with Crippen molar-refractivity contribution in [2.75, 3.05) is 0 Å². The molecule has 13 heavy (non-hydrogen) atoms. The van der Waals surface area contributed by atoms with E-state index in [1.54, 1.807) is 17.5 Å². The molecule has 2 heterocycles. The van der Waals surface area contributed by atoms with E-state index in [1.807, 2.05) is 13.0 Å². The molecule has 0 unspecified atom stereocenters. The minimum atomic E-state index is 0.0861. The number of pyridine rings is 1. The van der Waals surface area contributed by atoms with Crippen molar-refractivity contribution in [3.05, 3.63) is 27.9 Å². The van der Waals surface area contributed by atoms with Crippen molar-refractivity contribution in [3.63, 3.8) is 0 Å². The van der Waals surface area contributed by atoms with Gasteiger partial charge in [-0.2, -0.15) is 0 Å². The first kappa shape index (κ1) is 8.94. The van der Waals surface area contributed by atoms with Crippen LogP contribution in [0.1, 0.15) is 10.4 Å². The van der Waals surface area contributed by atoms with Crippen molar-refractivity contribution in [2.45, 2.75) is 13.5 Å². The Morgan fingerprint density at radius 3 is 3.08 bits per heavy atom. The predicted molar refractivity (Wildman–Crippen MR) is 55.3 cm³/mol. The van der Waals surface area contributed by atoms with Crippen LogP contribution in [0.2, 0.25) is 5.15 Å². The van der Waals surface area contributed by atoms with Crippen LogP contribution in [0.25, 0.3) is 10.1 Å². The van der Waals surface area contributed by atoms with Crippen molar-refractivity contribution in [2.24, 2.45) is 0 Å². The lowest BCUT2D eigenvalue weighted by atomic mass is 10.2. The Morgan fingerprint density at radius 2 is 2.38 bits per heavy atom. The molecule has 0 radical (unpaired) electrons. The highest BCUT2D eigenvalue weighted by Crippen LogP contribution is 2.31. The summed E-state index contributed by atoms with van der Waals surface area (Å²) in [6.07, 6.45) is 1.74. The van der Waals surface area contributed by atoms with Gasteiger partial charge < -0.3 is 5.11 Å². The second kappa shape index (κ2) is 3.25. The van der Waals surface area contributed by atoms with Gasteiger partial charge in [-0.05, 0) is 18.6 Å². The zero-order valence-corrected chi connectivity index (χ0v) is 8.61. The van der Waals surface area contributed by atoms with Gasteiger partial charge in [-0.3, -0.25) is 0 Å². The van der Waals surface area contributed by atoms with Crippen LogP contribution in [0.3, 0.4) is 0 Å². The zero-order chi connectivity index (χ0) is 9.42. The maximum absolute atomic E-state index is 9.05. The summed E-state index contributed by atoms with van der Waals surface area (Å²) in [5.41, 5.74) is 1.10. The molecule has 0 aromatic carbocycles. The molecule has 0 aliphatic heterocycles. The summed E-state index contributed by atoms with van der Waals surface area (Å²) in [5.74, 6) is 0. The molecule has 2 aromatic heterocycles. The van der Waals surface area contributed by atoms with Crippen molar-refractivity contribution >= 4 is 33.0 Å². The molecule has 2 nitrogen and oxygen atoms in total. The molecule has 0 aliphatic rings. The van der Waals surface area contributed by atoms with E-state index in [9.17, 15) is 0 Å². The maximum atomic E-state index is 9.05. The summed E-state index contributed by atoms with van der Waals surface area (Å²) >= 11 is 7.34. The number of thiophene rings is 1. The monoisotopic (exact) mass is 213 g/mol. The smallest absolute Gasteiger partial charge is 0.129 e. The quantitative estimate of drug-likeness (QED) is 0.739. The van der Waals surface area contributed by atoms with Gasteiger partial charge in [0, 0.05) is 16.5 Å². The molecule has 0 amide bonds. The average molecular weight is 214 g/mol. The second-order valence-electron chi connectivity index (χ2n) is 2.81. The topological polar surface area (TPSA) is 33.1 Å². The van der Waals surface area contributed by atoms with E-state index < -0.39 is 0 Å². The molecule has 0 saturated heterocycles. The van der Waals surface area contributed by atoms with Crippen molar-refractivity contribution in [1.82, 2.24) is 4.98 Å². The number of nitrogens with zero attached hydrogens (tertiary/aromatic N) is 1. The van der Waals surface area contributed by atoms with Gasteiger partial charge in [0.05, 0.1) is 11.3 Å². The minimum Gasteiger partial charge on any atom is -0.391 e. The lowest BCUT2D eigenvalue weighted by Crippen LogP contribution is -1.79. The highest BCUT2D eigenvalue weighted by Gasteiger charge is 2.07. The predicted octanol–water partition coefficient (Wildman–Crippen LogP) is 2.75. The molecule has 4 heteroatoms. The standard InChI is InChI=1S/C9H8ClNOS/c1-5-6-2-9(10)11-3-7(6)13-8(5)4-12/h2-3,12H,4H2,1H3. The van der Waals surface area contributed by atoms with Crippen LogP contribution in [-0.2, 0) is 6.61 Å². The number of hydrogen-bond acceptors (Lipinski definition) is 3. The molecular weight excluding hydrogens is 206 g/mol. The highest BCUT2D eigenvalue weighted by molar-refractivity contribution is 7.19. The fourth-order valence-corrected chi connectivity index (χ4v) is 2.48. The molecule has 1 N–H and O–H groups in total. The minimum absolute atomic E-state index is 0.0861. The first-order valence-electron chi connectivity index (χ1n) is 3.86. The number of aromatic nitrogens is 1. The second-order valence-corrected chi connectivity index (χ2v) is 4.34.